The van der Waals surface area contributed by atoms with Gasteiger partial charge in [-0.3, -0.25) is 4.79 Å². The summed E-state index contributed by atoms with van der Waals surface area (Å²) in [7, 11) is 0. The lowest BCUT2D eigenvalue weighted by atomic mass is 9.96. The summed E-state index contributed by atoms with van der Waals surface area (Å²) in [5.74, 6) is 3.13. The fourth-order valence-corrected chi connectivity index (χ4v) is 4.19. The molecule has 0 saturated carbocycles. The lowest BCUT2D eigenvalue weighted by Gasteiger charge is -2.37. The Bertz CT molecular complexity index is 622. The first-order valence-electron chi connectivity index (χ1n) is 8.18. The Morgan fingerprint density at radius 2 is 2.13 bits per heavy atom. The van der Waals surface area contributed by atoms with Crippen LogP contribution in [0.25, 0.3) is 0 Å². The Morgan fingerprint density at radius 3 is 2.87 bits per heavy atom. The number of thioether (sulfide) groups is 1. The van der Waals surface area contributed by atoms with E-state index >= 15 is 0 Å². The highest BCUT2D eigenvalue weighted by atomic mass is 32.2. The van der Waals surface area contributed by atoms with Crippen molar-refractivity contribution >= 4 is 23.5 Å². The zero-order chi connectivity index (χ0) is 16.2. The third kappa shape index (κ3) is 3.61. The van der Waals surface area contributed by atoms with Gasteiger partial charge in [-0.2, -0.15) is 17.0 Å². The fourth-order valence-electron chi connectivity index (χ4n) is 3.28. The molecule has 0 aromatic carbocycles. The molecule has 1 atom stereocenters. The van der Waals surface area contributed by atoms with E-state index in [2.05, 4.69) is 16.0 Å². The minimum Gasteiger partial charge on any atom is -0.355 e. The molecule has 2 aliphatic rings. The van der Waals surface area contributed by atoms with Crippen molar-refractivity contribution in [2.45, 2.75) is 19.8 Å². The SMILES string of the molecule is Cc1ccc(C#N)c(N2CCCC(C(=O)N3CCSCC3)C2)n1. The van der Waals surface area contributed by atoms with Gasteiger partial charge in [0.05, 0.1) is 11.5 Å². The molecule has 1 aromatic heterocycles. The minimum atomic E-state index is 0.0284. The normalized spacial score (nSPS) is 21.8. The lowest BCUT2D eigenvalue weighted by Crippen LogP contribution is -2.47. The van der Waals surface area contributed by atoms with Crippen LogP contribution in [-0.2, 0) is 4.79 Å². The second-order valence-corrected chi connectivity index (χ2v) is 7.38. The molecule has 1 amide bonds. The molecule has 2 fully saturated rings. The summed E-state index contributed by atoms with van der Waals surface area (Å²) in [5.41, 5.74) is 1.50. The molecule has 5 nitrogen and oxygen atoms in total. The Morgan fingerprint density at radius 1 is 1.35 bits per heavy atom. The Balaban J connectivity index is 1.74. The molecule has 0 N–H and O–H groups in total. The van der Waals surface area contributed by atoms with Crippen LogP contribution in [0.2, 0.25) is 0 Å². The number of nitriles is 1. The van der Waals surface area contributed by atoms with Crippen LogP contribution in [0.4, 0.5) is 5.82 Å². The maximum Gasteiger partial charge on any atom is 0.227 e. The number of carbonyl (C=O) groups is 1. The molecule has 23 heavy (non-hydrogen) atoms. The zero-order valence-corrected chi connectivity index (χ0v) is 14.3. The van der Waals surface area contributed by atoms with Crippen LogP contribution in [-0.4, -0.2) is 53.5 Å². The number of carbonyl (C=O) groups excluding carboxylic acids is 1. The van der Waals surface area contributed by atoms with Gasteiger partial charge in [-0.05, 0) is 31.9 Å². The van der Waals surface area contributed by atoms with Gasteiger partial charge in [0.1, 0.15) is 11.9 Å². The van der Waals surface area contributed by atoms with Crippen molar-refractivity contribution in [3.63, 3.8) is 0 Å². The second-order valence-electron chi connectivity index (χ2n) is 6.16. The number of hydrogen-bond donors (Lipinski definition) is 0. The Kier molecular flexibility index (Phi) is 5.06. The number of nitrogens with zero attached hydrogens (tertiary/aromatic N) is 4. The first-order valence-corrected chi connectivity index (χ1v) is 9.33. The molecule has 0 spiro atoms. The zero-order valence-electron chi connectivity index (χ0n) is 13.5. The number of hydrogen-bond acceptors (Lipinski definition) is 5. The lowest BCUT2D eigenvalue weighted by molar-refractivity contribution is -0.135. The van der Waals surface area contributed by atoms with Crippen molar-refractivity contribution < 1.29 is 4.79 Å². The summed E-state index contributed by atoms with van der Waals surface area (Å²) in [6.07, 6.45) is 1.91. The maximum absolute atomic E-state index is 12.8. The first kappa shape index (κ1) is 16.1. The Labute approximate surface area is 141 Å². The molecule has 3 heterocycles. The molecular weight excluding hydrogens is 308 g/mol. The largest absolute Gasteiger partial charge is 0.355 e. The molecule has 0 bridgehead atoms. The number of anilines is 1. The molecule has 2 saturated heterocycles. The minimum absolute atomic E-state index is 0.0284. The number of rotatable bonds is 2. The van der Waals surface area contributed by atoms with E-state index in [1.807, 2.05) is 35.7 Å². The van der Waals surface area contributed by atoms with E-state index in [0.717, 1.165) is 55.5 Å². The van der Waals surface area contributed by atoms with Crippen molar-refractivity contribution in [2.75, 3.05) is 42.6 Å². The van der Waals surface area contributed by atoms with Gasteiger partial charge in [0.15, 0.2) is 0 Å². The number of pyridine rings is 1. The van der Waals surface area contributed by atoms with Crippen molar-refractivity contribution in [2.24, 2.45) is 5.92 Å². The van der Waals surface area contributed by atoms with Crippen molar-refractivity contribution in [1.29, 1.82) is 5.26 Å². The molecule has 1 aromatic rings. The van der Waals surface area contributed by atoms with Crippen LogP contribution in [0.1, 0.15) is 24.1 Å². The van der Waals surface area contributed by atoms with E-state index in [1.54, 1.807) is 0 Å². The molecular formula is C17H22N4OS. The van der Waals surface area contributed by atoms with Crippen LogP contribution < -0.4 is 4.90 Å². The molecule has 0 radical (unpaired) electrons. The third-order valence-electron chi connectivity index (χ3n) is 4.53. The summed E-state index contributed by atoms with van der Waals surface area (Å²) >= 11 is 1.92. The number of piperidine rings is 1. The topological polar surface area (TPSA) is 60.2 Å². The fraction of sp³-hybridized carbons (Fsp3) is 0.588. The van der Waals surface area contributed by atoms with Gasteiger partial charge >= 0.3 is 0 Å². The van der Waals surface area contributed by atoms with E-state index < -0.39 is 0 Å². The highest BCUT2D eigenvalue weighted by molar-refractivity contribution is 7.99. The van der Waals surface area contributed by atoms with Gasteiger partial charge < -0.3 is 9.80 Å². The van der Waals surface area contributed by atoms with Crippen molar-refractivity contribution in [3.8, 4) is 6.07 Å². The van der Waals surface area contributed by atoms with Gasteiger partial charge in [-0.15, -0.1) is 0 Å². The standard InChI is InChI=1S/C17H22N4OS/c1-13-4-5-14(11-18)16(19-13)21-6-2-3-15(12-21)17(22)20-7-9-23-10-8-20/h4-5,15H,2-3,6-10,12H2,1H3. The smallest absolute Gasteiger partial charge is 0.227 e. The molecule has 2 aliphatic heterocycles. The van der Waals surface area contributed by atoms with Crippen LogP contribution in [0, 0.1) is 24.2 Å². The van der Waals surface area contributed by atoms with E-state index in [0.29, 0.717) is 12.1 Å². The summed E-state index contributed by atoms with van der Waals surface area (Å²) in [6, 6.07) is 5.91. The summed E-state index contributed by atoms with van der Waals surface area (Å²) < 4.78 is 0. The monoisotopic (exact) mass is 330 g/mol. The molecule has 122 valence electrons. The summed E-state index contributed by atoms with van der Waals surface area (Å²) in [5, 5.41) is 9.32. The van der Waals surface area contributed by atoms with E-state index in [4.69, 9.17) is 0 Å². The second kappa shape index (κ2) is 7.22. The van der Waals surface area contributed by atoms with E-state index in [9.17, 15) is 10.1 Å². The number of aromatic nitrogens is 1. The van der Waals surface area contributed by atoms with Gasteiger partial charge in [0, 0.05) is 43.4 Å². The highest BCUT2D eigenvalue weighted by Gasteiger charge is 2.31. The molecule has 6 heteroatoms. The van der Waals surface area contributed by atoms with Gasteiger partial charge in [-0.1, -0.05) is 0 Å². The molecule has 0 aliphatic carbocycles. The van der Waals surface area contributed by atoms with Gasteiger partial charge in [0.25, 0.3) is 0 Å². The van der Waals surface area contributed by atoms with Crippen LogP contribution in [0.5, 0.6) is 0 Å². The summed E-state index contributed by atoms with van der Waals surface area (Å²) in [4.78, 5) is 21.4. The van der Waals surface area contributed by atoms with Gasteiger partial charge in [-0.25, -0.2) is 4.98 Å². The van der Waals surface area contributed by atoms with E-state index in [-0.39, 0.29) is 11.8 Å². The van der Waals surface area contributed by atoms with Crippen molar-refractivity contribution in [1.82, 2.24) is 9.88 Å². The third-order valence-corrected chi connectivity index (χ3v) is 5.47. The summed E-state index contributed by atoms with van der Waals surface area (Å²) in [6.45, 7) is 5.21. The average Bonchev–Trinajstić information content (AvgIpc) is 2.62. The van der Waals surface area contributed by atoms with E-state index in [1.165, 1.54) is 0 Å². The van der Waals surface area contributed by atoms with Crippen LogP contribution in [0.15, 0.2) is 12.1 Å². The predicted octanol–water partition coefficient (Wildman–Crippen LogP) is 2.05. The van der Waals surface area contributed by atoms with Gasteiger partial charge in [0.2, 0.25) is 5.91 Å². The van der Waals surface area contributed by atoms with Crippen LogP contribution in [0.3, 0.4) is 0 Å². The maximum atomic E-state index is 12.8. The number of amides is 1. The highest BCUT2D eigenvalue weighted by Crippen LogP contribution is 2.26. The molecule has 1 unspecified atom stereocenters. The predicted molar refractivity (Wildman–Crippen MR) is 92.5 cm³/mol. The Hall–Kier alpha value is -1.74. The molecule has 3 rings (SSSR count). The average molecular weight is 330 g/mol. The van der Waals surface area contributed by atoms with Crippen LogP contribution >= 0.6 is 11.8 Å². The number of aryl methyl sites for hydroxylation is 1. The first-order chi connectivity index (χ1) is 11.2. The van der Waals surface area contributed by atoms with Crippen molar-refractivity contribution in [3.05, 3.63) is 23.4 Å². The quantitative estimate of drug-likeness (QED) is 0.830.